The number of amides is 1. The third-order valence-corrected chi connectivity index (χ3v) is 1.78. The van der Waals surface area contributed by atoms with Gasteiger partial charge in [-0.15, -0.1) is 12.4 Å². The first-order valence-electron chi connectivity index (χ1n) is 4.25. The SMILES string of the molecule is CC(N)CNC(=O)c1ccnc(Cl)c1.Cl. The van der Waals surface area contributed by atoms with Crippen molar-refractivity contribution in [2.45, 2.75) is 13.0 Å². The molecule has 0 bridgehead atoms. The van der Waals surface area contributed by atoms with Crippen molar-refractivity contribution in [2.24, 2.45) is 5.73 Å². The largest absolute Gasteiger partial charge is 0.350 e. The van der Waals surface area contributed by atoms with Gasteiger partial charge in [0.05, 0.1) is 0 Å². The Morgan fingerprint density at radius 3 is 2.93 bits per heavy atom. The van der Waals surface area contributed by atoms with Gasteiger partial charge in [0.1, 0.15) is 5.15 Å². The fourth-order valence-corrected chi connectivity index (χ4v) is 1.07. The molecule has 1 atom stereocenters. The van der Waals surface area contributed by atoms with E-state index in [0.29, 0.717) is 17.3 Å². The van der Waals surface area contributed by atoms with E-state index in [-0.39, 0.29) is 24.4 Å². The summed E-state index contributed by atoms with van der Waals surface area (Å²) < 4.78 is 0. The zero-order chi connectivity index (χ0) is 10.6. The molecule has 0 spiro atoms. The van der Waals surface area contributed by atoms with Crippen molar-refractivity contribution in [1.29, 1.82) is 0 Å². The van der Waals surface area contributed by atoms with Gasteiger partial charge < -0.3 is 11.1 Å². The van der Waals surface area contributed by atoms with Crippen molar-refractivity contribution in [1.82, 2.24) is 10.3 Å². The van der Waals surface area contributed by atoms with E-state index in [4.69, 9.17) is 17.3 Å². The number of carbonyl (C=O) groups excluding carboxylic acids is 1. The lowest BCUT2D eigenvalue weighted by atomic mass is 10.2. The third kappa shape index (κ3) is 4.97. The molecule has 15 heavy (non-hydrogen) atoms. The first-order chi connectivity index (χ1) is 6.59. The minimum absolute atomic E-state index is 0. The molecular formula is C9H13Cl2N3O. The highest BCUT2D eigenvalue weighted by Gasteiger charge is 2.06. The Bertz CT molecular complexity index is 331. The maximum Gasteiger partial charge on any atom is 0.251 e. The summed E-state index contributed by atoms with van der Waals surface area (Å²) in [7, 11) is 0. The summed E-state index contributed by atoms with van der Waals surface area (Å²) in [6, 6.07) is 3.05. The van der Waals surface area contributed by atoms with Gasteiger partial charge in [0.2, 0.25) is 0 Å². The van der Waals surface area contributed by atoms with Gasteiger partial charge in [-0.1, -0.05) is 11.6 Å². The number of carbonyl (C=O) groups is 1. The fourth-order valence-electron chi connectivity index (χ4n) is 0.899. The van der Waals surface area contributed by atoms with E-state index >= 15 is 0 Å². The molecule has 1 unspecified atom stereocenters. The normalized spacial score (nSPS) is 11.4. The van der Waals surface area contributed by atoms with E-state index < -0.39 is 0 Å². The Labute approximate surface area is 99.6 Å². The Morgan fingerprint density at radius 1 is 1.73 bits per heavy atom. The predicted octanol–water partition coefficient (Wildman–Crippen LogP) is 1.23. The van der Waals surface area contributed by atoms with Gasteiger partial charge in [-0.25, -0.2) is 4.98 Å². The quantitative estimate of drug-likeness (QED) is 0.793. The molecule has 0 aliphatic heterocycles. The van der Waals surface area contributed by atoms with Crippen LogP contribution in [-0.4, -0.2) is 23.5 Å². The molecule has 0 radical (unpaired) electrons. The molecule has 0 aliphatic carbocycles. The van der Waals surface area contributed by atoms with Crippen LogP contribution in [0.3, 0.4) is 0 Å². The van der Waals surface area contributed by atoms with Crippen LogP contribution in [-0.2, 0) is 0 Å². The van der Waals surface area contributed by atoms with Crippen LogP contribution in [0.1, 0.15) is 17.3 Å². The maximum atomic E-state index is 11.4. The van der Waals surface area contributed by atoms with Crippen molar-refractivity contribution in [3.63, 3.8) is 0 Å². The van der Waals surface area contributed by atoms with Gasteiger partial charge in [0.15, 0.2) is 0 Å². The number of halogens is 2. The van der Waals surface area contributed by atoms with Crippen LogP contribution in [0.25, 0.3) is 0 Å². The summed E-state index contributed by atoms with van der Waals surface area (Å²) in [5.41, 5.74) is 5.99. The highest BCUT2D eigenvalue weighted by Crippen LogP contribution is 2.06. The molecule has 1 amide bonds. The number of hydrogen-bond acceptors (Lipinski definition) is 3. The first kappa shape index (κ1) is 14.2. The summed E-state index contributed by atoms with van der Waals surface area (Å²) >= 11 is 5.64. The van der Waals surface area contributed by atoms with E-state index in [2.05, 4.69) is 10.3 Å². The van der Waals surface area contributed by atoms with E-state index in [1.54, 1.807) is 6.07 Å². The van der Waals surface area contributed by atoms with Crippen LogP contribution in [0.2, 0.25) is 5.15 Å². The molecule has 0 fully saturated rings. The van der Waals surface area contributed by atoms with E-state index in [1.165, 1.54) is 12.3 Å². The molecule has 84 valence electrons. The second-order valence-electron chi connectivity index (χ2n) is 3.05. The number of nitrogens with zero attached hydrogens (tertiary/aromatic N) is 1. The molecular weight excluding hydrogens is 237 g/mol. The summed E-state index contributed by atoms with van der Waals surface area (Å²) in [5, 5.41) is 2.98. The molecule has 1 heterocycles. The molecule has 1 aromatic heterocycles. The molecule has 0 aromatic carbocycles. The highest BCUT2D eigenvalue weighted by atomic mass is 35.5. The minimum Gasteiger partial charge on any atom is -0.350 e. The van der Waals surface area contributed by atoms with Crippen LogP contribution < -0.4 is 11.1 Å². The second kappa shape index (κ2) is 6.61. The number of rotatable bonds is 3. The van der Waals surface area contributed by atoms with Crippen molar-refractivity contribution in [3.8, 4) is 0 Å². The molecule has 3 N–H and O–H groups in total. The van der Waals surface area contributed by atoms with Crippen LogP contribution in [0, 0.1) is 0 Å². The molecule has 0 saturated heterocycles. The van der Waals surface area contributed by atoms with Crippen molar-refractivity contribution in [3.05, 3.63) is 29.0 Å². The Hall–Kier alpha value is -0.840. The minimum atomic E-state index is -0.188. The monoisotopic (exact) mass is 249 g/mol. The lowest BCUT2D eigenvalue weighted by molar-refractivity contribution is 0.0951. The number of nitrogens with two attached hydrogens (primary N) is 1. The maximum absolute atomic E-state index is 11.4. The zero-order valence-corrected chi connectivity index (χ0v) is 9.81. The van der Waals surface area contributed by atoms with Crippen molar-refractivity contribution in [2.75, 3.05) is 6.54 Å². The van der Waals surface area contributed by atoms with E-state index in [9.17, 15) is 4.79 Å². The summed E-state index contributed by atoms with van der Waals surface area (Å²) in [6.45, 7) is 2.26. The topological polar surface area (TPSA) is 68.0 Å². The molecule has 0 aliphatic rings. The molecule has 1 rings (SSSR count). The standard InChI is InChI=1S/C9H12ClN3O.ClH/c1-6(11)5-13-9(14)7-2-3-12-8(10)4-7;/h2-4,6H,5,11H2,1H3,(H,13,14);1H. The van der Waals surface area contributed by atoms with Gasteiger partial charge in [-0.05, 0) is 19.1 Å². The predicted molar refractivity (Wildman–Crippen MR) is 62.5 cm³/mol. The number of pyridine rings is 1. The molecule has 4 nitrogen and oxygen atoms in total. The van der Waals surface area contributed by atoms with Crippen LogP contribution >= 0.6 is 24.0 Å². The number of aromatic nitrogens is 1. The van der Waals surface area contributed by atoms with Gasteiger partial charge in [0, 0.05) is 24.3 Å². The van der Waals surface area contributed by atoms with Crippen LogP contribution in [0.5, 0.6) is 0 Å². The fraction of sp³-hybridized carbons (Fsp3) is 0.333. The van der Waals surface area contributed by atoms with E-state index in [1.807, 2.05) is 6.92 Å². The molecule has 0 saturated carbocycles. The van der Waals surface area contributed by atoms with Crippen LogP contribution in [0.15, 0.2) is 18.3 Å². The average Bonchev–Trinajstić information content (AvgIpc) is 2.14. The lowest BCUT2D eigenvalue weighted by Crippen LogP contribution is -2.35. The summed E-state index contributed by atoms with van der Waals surface area (Å²) in [6.07, 6.45) is 1.49. The Balaban J connectivity index is 0.00000196. The smallest absolute Gasteiger partial charge is 0.251 e. The highest BCUT2D eigenvalue weighted by molar-refractivity contribution is 6.29. The molecule has 1 aromatic rings. The Kier molecular flexibility index (Phi) is 6.24. The van der Waals surface area contributed by atoms with Gasteiger partial charge >= 0.3 is 0 Å². The van der Waals surface area contributed by atoms with Gasteiger partial charge in [-0.3, -0.25) is 4.79 Å². The molecule has 6 heteroatoms. The second-order valence-corrected chi connectivity index (χ2v) is 3.44. The summed E-state index contributed by atoms with van der Waals surface area (Å²) in [4.78, 5) is 15.2. The first-order valence-corrected chi connectivity index (χ1v) is 4.62. The zero-order valence-electron chi connectivity index (χ0n) is 8.24. The lowest BCUT2D eigenvalue weighted by Gasteiger charge is -2.07. The number of hydrogen-bond donors (Lipinski definition) is 2. The van der Waals surface area contributed by atoms with Crippen LogP contribution in [0.4, 0.5) is 0 Å². The number of nitrogens with one attached hydrogen (secondary N) is 1. The average molecular weight is 250 g/mol. The van der Waals surface area contributed by atoms with E-state index in [0.717, 1.165) is 0 Å². The Morgan fingerprint density at radius 2 is 2.40 bits per heavy atom. The summed E-state index contributed by atoms with van der Waals surface area (Å²) in [5.74, 6) is -0.188. The van der Waals surface area contributed by atoms with Gasteiger partial charge in [-0.2, -0.15) is 0 Å². The van der Waals surface area contributed by atoms with Crippen molar-refractivity contribution >= 4 is 29.9 Å². The van der Waals surface area contributed by atoms with Crippen molar-refractivity contribution < 1.29 is 4.79 Å². The van der Waals surface area contributed by atoms with Gasteiger partial charge in [0.25, 0.3) is 5.91 Å². The third-order valence-electron chi connectivity index (χ3n) is 1.57.